The van der Waals surface area contributed by atoms with Gasteiger partial charge in [0.2, 0.25) is 0 Å². The molecule has 0 saturated heterocycles. The normalized spacial score (nSPS) is 10.7. The van der Waals surface area contributed by atoms with E-state index in [0.29, 0.717) is 0 Å². The molecule has 0 radical (unpaired) electrons. The fourth-order valence-electron chi connectivity index (χ4n) is 0.785. The van der Waals surface area contributed by atoms with Gasteiger partial charge in [-0.05, 0) is 12.1 Å². The summed E-state index contributed by atoms with van der Waals surface area (Å²) in [5, 5.41) is 0. The molecule has 0 aliphatic rings. The van der Waals surface area contributed by atoms with Crippen molar-refractivity contribution in [3.8, 4) is 0 Å². The van der Waals surface area contributed by atoms with Crippen LogP contribution in [0.4, 0.5) is 0 Å². The third-order valence-electron chi connectivity index (χ3n) is 1.41. The summed E-state index contributed by atoms with van der Waals surface area (Å²) in [6.45, 7) is 0. The number of rotatable bonds is 3. The Labute approximate surface area is 83.6 Å². The Morgan fingerprint density at radius 3 is 2.29 bits per heavy atom. The molecule has 1 aromatic carbocycles. The first-order chi connectivity index (χ1) is 6.52. The van der Waals surface area contributed by atoms with Crippen molar-refractivity contribution in [3.63, 3.8) is 0 Å². The van der Waals surface area contributed by atoms with Gasteiger partial charge in [0.05, 0.1) is 0 Å². The van der Waals surface area contributed by atoms with Crippen LogP contribution in [0.3, 0.4) is 0 Å². The molecule has 0 amide bonds. The summed E-state index contributed by atoms with van der Waals surface area (Å²) in [5.41, 5.74) is 0. The van der Waals surface area contributed by atoms with E-state index in [2.05, 4.69) is 4.18 Å². The Balaban J connectivity index is 2.93. The first-order valence-electron chi connectivity index (χ1n) is 4.00. The summed E-state index contributed by atoms with van der Waals surface area (Å²) in [4.78, 5) is 0.151. The molecule has 0 N–H and O–H groups in total. The Morgan fingerprint density at radius 1 is 1.21 bits per heavy atom. The van der Waals surface area contributed by atoms with Crippen LogP contribution in [0.1, 0.15) is 0 Å². The summed E-state index contributed by atoms with van der Waals surface area (Å²) in [6.07, 6.45) is 1.14. The Morgan fingerprint density at radius 2 is 1.79 bits per heavy atom. The first kappa shape index (κ1) is 10.7. The molecular formula is C9H12NO3S+. The van der Waals surface area contributed by atoms with Gasteiger partial charge in [-0.1, -0.05) is 18.2 Å². The number of hydrogen-bond acceptors (Lipinski definition) is 3. The second-order valence-electron chi connectivity index (χ2n) is 2.93. The van der Waals surface area contributed by atoms with Gasteiger partial charge < -0.3 is 4.18 Å². The Kier molecular flexibility index (Phi) is 3.24. The average Bonchev–Trinajstić information content (AvgIpc) is 2.16. The summed E-state index contributed by atoms with van der Waals surface area (Å²) in [5.74, 6) is 0. The summed E-state index contributed by atoms with van der Waals surface area (Å²) < 4.78 is 29.1. The summed E-state index contributed by atoms with van der Waals surface area (Å²) in [7, 11) is -0.290. The molecule has 14 heavy (non-hydrogen) atoms. The van der Waals surface area contributed by atoms with Gasteiger partial charge in [-0.25, -0.2) is 4.58 Å². The Hall–Kier alpha value is -1.36. The second-order valence-corrected chi connectivity index (χ2v) is 4.50. The van der Waals surface area contributed by atoms with Crippen LogP contribution in [-0.2, 0) is 14.3 Å². The third-order valence-corrected chi connectivity index (χ3v) is 2.60. The van der Waals surface area contributed by atoms with Crippen molar-refractivity contribution in [2.75, 3.05) is 14.1 Å². The van der Waals surface area contributed by atoms with E-state index in [1.807, 2.05) is 0 Å². The molecule has 4 nitrogen and oxygen atoms in total. The predicted molar refractivity (Wildman–Crippen MR) is 52.9 cm³/mol. The van der Waals surface area contributed by atoms with Crippen LogP contribution < -0.4 is 0 Å². The molecule has 1 rings (SSSR count). The van der Waals surface area contributed by atoms with Gasteiger partial charge in [-0.2, -0.15) is 8.42 Å². The third kappa shape index (κ3) is 2.85. The SMILES string of the molecule is C[N+](C)=COS(=O)(=O)c1ccccc1. The topological polar surface area (TPSA) is 46.4 Å². The van der Waals surface area contributed by atoms with Crippen LogP contribution in [-0.4, -0.2) is 33.5 Å². The van der Waals surface area contributed by atoms with Crippen LogP contribution in [0.2, 0.25) is 0 Å². The second kappa shape index (κ2) is 4.23. The van der Waals surface area contributed by atoms with Gasteiger partial charge in [-0.3, -0.25) is 0 Å². The minimum Gasteiger partial charge on any atom is -0.326 e. The van der Waals surface area contributed by atoms with Gasteiger partial charge in [-0.15, -0.1) is 0 Å². The van der Waals surface area contributed by atoms with E-state index < -0.39 is 10.1 Å². The minimum atomic E-state index is -3.65. The minimum absolute atomic E-state index is 0.151. The molecule has 0 spiro atoms. The maximum absolute atomic E-state index is 11.5. The zero-order valence-electron chi connectivity index (χ0n) is 8.04. The van der Waals surface area contributed by atoms with Crippen LogP contribution >= 0.6 is 0 Å². The molecule has 1 aromatic rings. The highest BCUT2D eigenvalue weighted by atomic mass is 32.2. The molecule has 0 atom stereocenters. The van der Waals surface area contributed by atoms with E-state index in [-0.39, 0.29) is 4.90 Å². The van der Waals surface area contributed by atoms with Crippen molar-refractivity contribution >= 4 is 16.5 Å². The van der Waals surface area contributed by atoms with E-state index in [1.165, 1.54) is 16.7 Å². The first-order valence-corrected chi connectivity index (χ1v) is 5.41. The van der Waals surface area contributed by atoms with Crippen molar-refractivity contribution in [2.45, 2.75) is 4.90 Å². The quantitative estimate of drug-likeness (QED) is 0.322. The van der Waals surface area contributed by atoms with Gasteiger partial charge in [0.25, 0.3) is 0 Å². The number of benzene rings is 1. The van der Waals surface area contributed by atoms with Crippen LogP contribution in [0.25, 0.3) is 0 Å². The lowest BCUT2D eigenvalue weighted by Gasteiger charge is -1.99. The molecule has 0 aromatic heterocycles. The standard InChI is InChI=1S/C9H12NO3S/c1-10(2)8-13-14(11,12)9-6-4-3-5-7-9/h3-8H,1-2H3/q+1. The maximum atomic E-state index is 11.5. The molecule has 0 bridgehead atoms. The smallest absolute Gasteiger partial charge is 0.326 e. The molecule has 0 aliphatic carbocycles. The number of hydrogen-bond donors (Lipinski definition) is 0. The van der Waals surface area contributed by atoms with E-state index >= 15 is 0 Å². The average molecular weight is 214 g/mol. The van der Waals surface area contributed by atoms with E-state index in [0.717, 1.165) is 6.40 Å². The van der Waals surface area contributed by atoms with Crippen LogP contribution in [0, 0.1) is 0 Å². The molecule has 0 saturated carbocycles. The molecule has 0 aliphatic heterocycles. The van der Waals surface area contributed by atoms with Crippen molar-refractivity contribution in [3.05, 3.63) is 30.3 Å². The van der Waals surface area contributed by atoms with Crippen LogP contribution in [0.15, 0.2) is 35.2 Å². The molecule has 0 heterocycles. The van der Waals surface area contributed by atoms with Gasteiger partial charge in [0, 0.05) is 0 Å². The molecule has 0 unspecified atom stereocenters. The molecular weight excluding hydrogens is 202 g/mol. The molecule has 5 heteroatoms. The molecule has 0 fully saturated rings. The van der Waals surface area contributed by atoms with Gasteiger partial charge in [0.15, 0.2) is 0 Å². The lowest BCUT2D eigenvalue weighted by Crippen LogP contribution is -2.10. The summed E-state index contributed by atoms with van der Waals surface area (Å²) in [6, 6.07) is 8.00. The van der Waals surface area contributed by atoms with E-state index in [4.69, 9.17) is 0 Å². The zero-order chi connectivity index (χ0) is 10.6. The summed E-state index contributed by atoms with van der Waals surface area (Å²) >= 11 is 0. The van der Waals surface area contributed by atoms with Gasteiger partial charge in [0.1, 0.15) is 19.0 Å². The highest BCUT2D eigenvalue weighted by Crippen LogP contribution is 2.09. The van der Waals surface area contributed by atoms with Gasteiger partial charge >= 0.3 is 16.5 Å². The lowest BCUT2D eigenvalue weighted by molar-refractivity contribution is -0.466. The molecule has 76 valence electrons. The Bertz CT molecular complexity index is 419. The fraction of sp³-hybridized carbons (Fsp3) is 0.222. The highest BCUT2D eigenvalue weighted by molar-refractivity contribution is 7.87. The van der Waals surface area contributed by atoms with E-state index in [9.17, 15) is 8.42 Å². The largest absolute Gasteiger partial charge is 0.343 e. The number of nitrogens with zero attached hydrogens (tertiary/aromatic N) is 1. The van der Waals surface area contributed by atoms with Crippen molar-refractivity contribution < 1.29 is 17.2 Å². The highest BCUT2D eigenvalue weighted by Gasteiger charge is 2.14. The zero-order valence-corrected chi connectivity index (χ0v) is 8.86. The van der Waals surface area contributed by atoms with E-state index in [1.54, 1.807) is 32.3 Å². The van der Waals surface area contributed by atoms with Crippen LogP contribution in [0.5, 0.6) is 0 Å². The maximum Gasteiger partial charge on any atom is 0.343 e. The lowest BCUT2D eigenvalue weighted by atomic mass is 10.4. The van der Waals surface area contributed by atoms with Crippen molar-refractivity contribution in [1.82, 2.24) is 0 Å². The predicted octanol–water partition coefficient (Wildman–Crippen LogP) is 0.692. The van der Waals surface area contributed by atoms with Crippen molar-refractivity contribution in [1.29, 1.82) is 0 Å². The monoisotopic (exact) mass is 214 g/mol. The fourth-order valence-corrected chi connectivity index (χ4v) is 1.67. The van der Waals surface area contributed by atoms with Crippen molar-refractivity contribution in [2.24, 2.45) is 0 Å².